The minimum atomic E-state index is -0.0240. The Bertz CT molecular complexity index is 1030. The molecule has 5 atom stereocenters. The summed E-state index contributed by atoms with van der Waals surface area (Å²) in [6, 6.07) is 16.8. The molecule has 0 aromatic heterocycles. The van der Waals surface area contributed by atoms with Crippen molar-refractivity contribution in [3.8, 4) is 5.75 Å². The number of amides is 1. The molecule has 5 rings (SSSR count). The fourth-order valence-corrected chi connectivity index (χ4v) is 6.69. The van der Waals surface area contributed by atoms with Crippen molar-refractivity contribution in [2.24, 2.45) is 23.5 Å². The Hall–Kier alpha value is -2.86. The number of nitrogen functional groups attached to an aromatic ring is 1. The average molecular weight is 447 g/mol. The van der Waals surface area contributed by atoms with E-state index >= 15 is 0 Å². The molecule has 3 saturated heterocycles. The zero-order valence-electron chi connectivity index (χ0n) is 19.7. The number of hydrogen-bond acceptors (Lipinski definition) is 4. The number of fused-ring (bicyclic) bond motifs is 3. The Kier molecular flexibility index (Phi) is 5.65. The number of carbonyl (C=O) groups is 1. The molecular weight excluding hydrogens is 412 g/mol. The molecule has 3 heterocycles. The van der Waals surface area contributed by atoms with Gasteiger partial charge in [-0.25, -0.2) is 0 Å². The van der Waals surface area contributed by atoms with Gasteiger partial charge in [0.15, 0.2) is 0 Å². The smallest absolute Gasteiger partial charge is 0.228 e. The third-order valence-electron chi connectivity index (χ3n) is 7.98. The van der Waals surface area contributed by atoms with E-state index in [0.29, 0.717) is 24.4 Å². The number of nitrogens with one attached hydrogen (secondary N) is 1. The van der Waals surface area contributed by atoms with E-state index in [2.05, 4.69) is 47.9 Å². The number of rotatable bonds is 6. The van der Waals surface area contributed by atoms with Gasteiger partial charge in [0.05, 0.1) is 13.0 Å². The van der Waals surface area contributed by atoms with Gasteiger partial charge >= 0.3 is 0 Å². The van der Waals surface area contributed by atoms with Gasteiger partial charge in [-0.05, 0) is 48.6 Å². The Morgan fingerprint density at radius 1 is 1.15 bits per heavy atom. The third-order valence-corrected chi connectivity index (χ3v) is 7.98. The highest BCUT2D eigenvalue weighted by atomic mass is 16.5. The number of amidine groups is 1. The van der Waals surface area contributed by atoms with Crippen LogP contribution >= 0.6 is 0 Å². The highest BCUT2D eigenvalue weighted by Gasteiger charge is 2.62. The number of methoxy groups -OCH3 is 1. The number of likely N-dealkylation sites (tertiary alicyclic amines) is 1. The predicted octanol–water partition coefficient (Wildman–Crippen LogP) is 3.80. The molecule has 6 nitrogen and oxygen atoms in total. The van der Waals surface area contributed by atoms with Crippen LogP contribution in [-0.2, 0) is 11.3 Å². The van der Waals surface area contributed by atoms with Crippen LogP contribution in [0.3, 0.4) is 0 Å². The SMILES string of the molecule is COc1ccc(CN2C(=O)[C@@H]3[C@H]([C@H]2C(C)C)[C@H]2CCCN2[C@@H]3c2ccc(C(=N)N)cc2)cc1. The summed E-state index contributed by atoms with van der Waals surface area (Å²) < 4.78 is 5.31. The number of nitrogens with two attached hydrogens (primary N) is 1. The van der Waals surface area contributed by atoms with E-state index in [1.165, 1.54) is 12.0 Å². The van der Waals surface area contributed by atoms with Gasteiger partial charge < -0.3 is 15.4 Å². The van der Waals surface area contributed by atoms with E-state index < -0.39 is 0 Å². The topological polar surface area (TPSA) is 82.7 Å². The Balaban J connectivity index is 1.50. The summed E-state index contributed by atoms with van der Waals surface area (Å²) in [5.74, 6) is 1.90. The lowest BCUT2D eigenvalue weighted by molar-refractivity contribution is -0.134. The number of carbonyl (C=O) groups excluding carboxylic acids is 1. The predicted molar refractivity (Wildman–Crippen MR) is 129 cm³/mol. The first kappa shape index (κ1) is 22.0. The second kappa shape index (κ2) is 8.49. The molecule has 2 aromatic rings. The zero-order chi connectivity index (χ0) is 23.3. The van der Waals surface area contributed by atoms with Crippen LogP contribution in [0.1, 0.15) is 49.4 Å². The quantitative estimate of drug-likeness (QED) is 0.522. The third kappa shape index (κ3) is 3.61. The highest BCUT2D eigenvalue weighted by molar-refractivity contribution is 5.95. The molecule has 0 aliphatic carbocycles. The van der Waals surface area contributed by atoms with Gasteiger partial charge in [0.2, 0.25) is 5.91 Å². The van der Waals surface area contributed by atoms with E-state index in [9.17, 15) is 4.79 Å². The molecule has 3 N–H and O–H groups in total. The van der Waals surface area contributed by atoms with Crippen molar-refractivity contribution in [1.29, 1.82) is 5.41 Å². The monoisotopic (exact) mass is 446 g/mol. The van der Waals surface area contributed by atoms with Crippen molar-refractivity contribution in [3.05, 3.63) is 65.2 Å². The lowest BCUT2D eigenvalue weighted by Crippen LogP contribution is -2.44. The van der Waals surface area contributed by atoms with Gasteiger partial charge in [0.25, 0.3) is 0 Å². The Morgan fingerprint density at radius 3 is 2.45 bits per heavy atom. The maximum absolute atomic E-state index is 14.0. The molecule has 2 aromatic carbocycles. The molecule has 0 radical (unpaired) electrons. The maximum atomic E-state index is 14.0. The molecule has 3 aliphatic heterocycles. The Labute approximate surface area is 196 Å². The summed E-state index contributed by atoms with van der Waals surface area (Å²) in [5, 5.41) is 7.71. The largest absolute Gasteiger partial charge is 0.497 e. The van der Waals surface area contributed by atoms with E-state index in [4.69, 9.17) is 15.9 Å². The molecule has 0 bridgehead atoms. The Morgan fingerprint density at radius 2 is 1.85 bits per heavy atom. The summed E-state index contributed by atoms with van der Waals surface area (Å²) in [7, 11) is 1.67. The van der Waals surface area contributed by atoms with Gasteiger partial charge in [-0.2, -0.15) is 0 Å². The molecule has 33 heavy (non-hydrogen) atoms. The molecule has 0 saturated carbocycles. The van der Waals surface area contributed by atoms with E-state index in [-0.39, 0.29) is 29.7 Å². The van der Waals surface area contributed by atoms with Crippen molar-refractivity contribution < 1.29 is 9.53 Å². The molecular formula is C27H34N4O2. The second-order valence-corrected chi connectivity index (χ2v) is 10.1. The minimum absolute atomic E-state index is 0.0240. The summed E-state index contributed by atoms with van der Waals surface area (Å²) in [6.07, 6.45) is 2.35. The van der Waals surface area contributed by atoms with Gasteiger partial charge in [-0.1, -0.05) is 50.2 Å². The number of benzene rings is 2. The molecule has 174 valence electrons. The van der Waals surface area contributed by atoms with Crippen LogP contribution < -0.4 is 10.5 Å². The molecule has 6 heteroatoms. The van der Waals surface area contributed by atoms with Crippen LogP contribution in [-0.4, -0.2) is 47.3 Å². The maximum Gasteiger partial charge on any atom is 0.228 e. The van der Waals surface area contributed by atoms with Crippen LogP contribution in [0, 0.1) is 23.2 Å². The first-order valence-corrected chi connectivity index (χ1v) is 12.0. The van der Waals surface area contributed by atoms with E-state index in [1.54, 1.807) is 7.11 Å². The van der Waals surface area contributed by atoms with Gasteiger partial charge in [-0.3, -0.25) is 15.1 Å². The number of ether oxygens (including phenoxy) is 1. The van der Waals surface area contributed by atoms with E-state index in [0.717, 1.165) is 29.8 Å². The first-order chi connectivity index (χ1) is 15.9. The number of hydrogen-bond donors (Lipinski definition) is 2. The van der Waals surface area contributed by atoms with Crippen molar-refractivity contribution in [1.82, 2.24) is 9.80 Å². The molecule has 3 fully saturated rings. The fourth-order valence-electron chi connectivity index (χ4n) is 6.69. The van der Waals surface area contributed by atoms with Crippen molar-refractivity contribution >= 4 is 11.7 Å². The van der Waals surface area contributed by atoms with Crippen LogP contribution in [0.4, 0.5) is 0 Å². The summed E-state index contributed by atoms with van der Waals surface area (Å²) in [6.45, 7) is 6.21. The fraction of sp³-hybridized carbons (Fsp3) is 0.481. The normalized spacial score (nSPS) is 28.9. The lowest BCUT2D eigenvalue weighted by atomic mass is 9.79. The van der Waals surface area contributed by atoms with Crippen molar-refractivity contribution in [3.63, 3.8) is 0 Å². The summed E-state index contributed by atoms with van der Waals surface area (Å²) in [5.41, 5.74) is 8.71. The van der Waals surface area contributed by atoms with Crippen LogP contribution in [0.15, 0.2) is 48.5 Å². The second-order valence-electron chi connectivity index (χ2n) is 10.1. The lowest BCUT2D eigenvalue weighted by Gasteiger charge is -2.35. The van der Waals surface area contributed by atoms with Gasteiger partial charge in [0.1, 0.15) is 11.6 Å². The highest BCUT2D eigenvalue weighted by Crippen LogP contribution is 2.56. The van der Waals surface area contributed by atoms with Crippen LogP contribution in [0.25, 0.3) is 0 Å². The molecule has 0 unspecified atom stereocenters. The molecule has 3 aliphatic rings. The number of nitrogens with zero attached hydrogens (tertiary/aromatic N) is 2. The summed E-state index contributed by atoms with van der Waals surface area (Å²) >= 11 is 0. The van der Waals surface area contributed by atoms with E-state index in [1.807, 2.05) is 24.3 Å². The van der Waals surface area contributed by atoms with Crippen LogP contribution in [0.5, 0.6) is 5.75 Å². The van der Waals surface area contributed by atoms with Gasteiger partial charge in [0, 0.05) is 36.2 Å². The zero-order valence-corrected chi connectivity index (χ0v) is 19.7. The molecule has 1 amide bonds. The molecule has 0 spiro atoms. The van der Waals surface area contributed by atoms with Crippen molar-refractivity contribution in [2.75, 3.05) is 13.7 Å². The minimum Gasteiger partial charge on any atom is -0.497 e. The summed E-state index contributed by atoms with van der Waals surface area (Å²) in [4.78, 5) is 18.8. The van der Waals surface area contributed by atoms with Gasteiger partial charge in [-0.15, -0.1) is 0 Å². The first-order valence-electron chi connectivity index (χ1n) is 12.0. The average Bonchev–Trinajstić information content (AvgIpc) is 3.46. The van der Waals surface area contributed by atoms with Crippen LogP contribution in [0.2, 0.25) is 0 Å². The standard InChI is InChI=1S/C27H34N4O2/c1-16(2)24-22-21-5-4-14-30(21)25(18-8-10-19(11-9-18)26(28)29)23(22)27(32)31(24)15-17-6-12-20(33-3)13-7-17/h6-13,16,21-25H,4-5,14-15H2,1-3H3,(H3,28,29)/t21-,22-,23-,24-,25-/m1/s1. The van der Waals surface area contributed by atoms with Crippen molar-refractivity contribution in [2.45, 2.75) is 51.4 Å².